The Bertz CT molecular complexity index is 1090. The summed E-state index contributed by atoms with van der Waals surface area (Å²) in [6, 6.07) is 8.52. The first-order valence-corrected chi connectivity index (χ1v) is 12.4. The Morgan fingerprint density at radius 2 is 1.79 bits per heavy atom. The number of carbonyl (C=O) groups excluding carboxylic acids is 1. The second-order valence-electron chi connectivity index (χ2n) is 9.31. The van der Waals surface area contributed by atoms with Crippen LogP contribution in [0.5, 0.6) is 0 Å². The summed E-state index contributed by atoms with van der Waals surface area (Å²) in [4.78, 5) is 22.0. The Kier molecular flexibility index (Phi) is 6.88. The van der Waals surface area contributed by atoms with E-state index in [9.17, 15) is 9.18 Å². The van der Waals surface area contributed by atoms with Gasteiger partial charge in [0.2, 0.25) is 5.91 Å². The first-order chi connectivity index (χ1) is 16.7. The van der Waals surface area contributed by atoms with Crippen LogP contribution in [-0.2, 0) is 11.3 Å². The maximum Gasteiger partial charge on any atom is 0.244 e. The summed E-state index contributed by atoms with van der Waals surface area (Å²) in [6.07, 6.45) is 14.9. The van der Waals surface area contributed by atoms with Crippen LogP contribution in [-0.4, -0.2) is 57.9 Å². The Balaban J connectivity index is 1.27. The van der Waals surface area contributed by atoms with E-state index in [-0.39, 0.29) is 18.3 Å². The summed E-state index contributed by atoms with van der Waals surface area (Å²) in [5, 5.41) is 4.80. The molecule has 3 heterocycles. The number of amides is 1. The average Bonchev–Trinajstić information content (AvgIpc) is 3.50. The fourth-order valence-corrected chi connectivity index (χ4v) is 5.13. The lowest BCUT2D eigenvalue weighted by molar-refractivity contribution is -0.133. The van der Waals surface area contributed by atoms with Crippen molar-refractivity contribution in [2.75, 3.05) is 26.2 Å². The third-order valence-corrected chi connectivity index (χ3v) is 7.06. The molecule has 178 valence electrons. The van der Waals surface area contributed by atoms with Gasteiger partial charge in [-0.2, -0.15) is 5.10 Å². The second-order valence-corrected chi connectivity index (χ2v) is 9.31. The van der Waals surface area contributed by atoms with E-state index in [0.29, 0.717) is 19.0 Å². The minimum Gasteiger partial charge on any atom is -0.353 e. The maximum atomic E-state index is 13.4. The first kappa shape index (κ1) is 22.6. The standard InChI is InChI=1S/C27H32FN5O/c28-23-12-10-21(11-13-23)24-19-25(22-7-4-5-8-22)33(30-24)20-27(34)32-17-15-31(16-18-32)26-9-3-1-2-6-14-29-26/h2,6,9-14,19,22H,1,3-5,7-8,15-18,20H2. The summed E-state index contributed by atoms with van der Waals surface area (Å²) in [5.41, 5.74) is 2.82. The van der Waals surface area contributed by atoms with Gasteiger partial charge in [0.25, 0.3) is 0 Å². The van der Waals surface area contributed by atoms with Crippen molar-refractivity contribution in [3.63, 3.8) is 0 Å². The van der Waals surface area contributed by atoms with Crippen LogP contribution in [0, 0.1) is 5.82 Å². The number of aliphatic imine (C=N–C) groups is 1. The molecule has 0 spiro atoms. The zero-order chi connectivity index (χ0) is 23.3. The number of aromatic nitrogens is 2. The van der Waals surface area contributed by atoms with E-state index in [0.717, 1.165) is 61.5 Å². The SMILES string of the molecule is O=C(Cn1nc(-c2ccc(F)cc2)cc1C1CCCC1)N1CCN(C2=CCCC=CC=N2)CC1. The number of halogens is 1. The lowest BCUT2D eigenvalue weighted by Crippen LogP contribution is -2.49. The zero-order valence-corrected chi connectivity index (χ0v) is 19.6. The predicted octanol–water partition coefficient (Wildman–Crippen LogP) is 4.75. The molecule has 1 saturated heterocycles. The Hall–Kier alpha value is -3.22. The molecule has 2 aliphatic heterocycles. The maximum absolute atomic E-state index is 13.4. The fourth-order valence-electron chi connectivity index (χ4n) is 5.13. The van der Waals surface area contributed by atoms with E-state index in [4.69, 9.17) is 5.10 Å². The second kappa shape index (κ2) is 10.4. The molecule has 1 aromatic carbocycles. The quantitative estimate of drug-likeness (QED) is 0.646. The van der Waals surface area contributed by atoms with Gasteiger partial charge in [-0.25, -0.2) is 9.38 Å². The summed E-state index contributed by atoms with van der Waals surface area (Å²) in [7, 11) is 0. The van der Waals surface area contributed by atoms with Gasteiger partial charge < -0.3 is 9.80 Å². The molecule has 3 aliphatic rings. The zero-order valence-electron chi connectivity index (χ0n) is 19.6. The minimum atomic E-state index is -0.258. The number of nitrogens with zero attached hydrogens (tertiary/aromatic N) is 5. The molecule has 0 bridgehead atoms. The molecule has 1 aliphatic carbocycles. The van der Waals surface area contributed by atoms with Gasteiger partial charge >= 0.3 is 0 Å². The summed E-state index contributed by atoms with van der Waals surface area (Å²) >= 11 is 0. The molecular formula is C27H32FN5O. The molecule has 5 rings (SSSR count). The third-order valence-electron chi connectivity index (χ3n) is 7.06. The number of carbonyl (C=O) groups is 1. The molecule has 1 amide bonds. The van der Waals surface area contributed by atoms with Crippen molar-refractivity contribution in [2.24, 2.45) is 4.99 Å². The van der Waals surface area contributed by atoms with E-state index in [1.807, 2.05) is 21.9 Å². The van der Waals surface area contributed by atoms with Crippen LogP contribution in [0.4, 0.5) is 4.39 Å². The van der Waals surface area contributed by atoms with Crippen molar-refractivity contribution in [1.29, 1.82) is 0 Å². The van der Waals surface area contributed by atoms with Crippen LogP contribution in [0.15, 0.2) is 59.4 Å². The van der Waals surface area contributed by atoms with Gasteiger partial charge in [-0.05, 0) is 68.2 Å². The smallest absolute Gasteiger partial charge is 0.244 e. The van der Waals surface area contributed by atoms with Crippen LogP contribution in [0.3, 0.4) is 0 Å². The van der Waals surface area contributed by atoms with Crippen LogP contribution in [0.25, 0.3) is 11.3 Å². The van der Waals surface area contributed by atoms with Crippen LogP contribution in [0.2, 0.25) is 0 Å². The van der Waals surface area contributed by atoms with Crippen LogP contribution < -0.4 is 0 Å². The molecule has 7 heteroatoms. The predicted molar refractivity (Wildman–Crippen MR) is 132 cm³/mol. The molecule has 34 heavy (non-hydrogen) atoms. The molecule has 1 aromatic heterocycles. The normalized spacial score (nSPS) is 19.3. The number of benzene rings is 1. The Morgan fingerprint density at radius 3 is 2.56 bits per heavy atom. The van der Waals surface area contributed by atoms with E-state index in [1.165, 1.54) is 25.0 Å². The highest BCUT2D eigenvalue weighted by atomic mass is 19.1. The third kappa shape index (κ3) is 5.13. The van der Waals surface area contributed by atoms with Gasteiger partial charge in [0, 0.05) is 49.6 Å². The first-order valence-electron chi connectivity index (χ1n) is 12.4. The lowest BCUT2D eigenvalue weighted by Gasteiger charge is -2.36. The Morgan fingerprint density at radius 1 is 1.03 bits per heavy atom. The van der Waals surface area contributed by atoms with E-state index < -0.39 is 0 Å². The van der Waals surface area contributed by atoms with Crippen LogP contribution in [0.1, 0.15) is 50.1 Å². The number of hydrogen-bond acceptors (Lipinski definition) is 4. The number of piperazine rings is 1. The van der Waals surface area contributed by atoms with Gasteiger partial charge in [-0.3, -0.25) is 9.48 Å². The van der Waals surface area contributed by atoms with Gasteiger partial charge in [0.1, 0.15) is 18.2 Å². The van der Waals surface area contributed by atoms with E-state index in [2.05, 4.69) is 28.1 Å². The molecule has 1 saturated carbocycles. The van der Waals surface area contributed by atoms with Crippen LogP contribution >= 0.6 is 0 Å². The Labute approximate surface area is 200 Å². The molecule has 0 radical (unpaired) electrons. The number of rotatable bonds is 5. The summed E-state index contributed by atoms with van der Waals surface area (Å²) < 4.78 is 15.3. The number of allylic oxidation sites excluding steroid dienone is 3. The van der Waals surface area contributed by atoms with Crippen molar-refractivity contribution in [2.45, 2.75) is 51.0 Å². The van der Waals surface area contributed by atoms with Gasteiger partial charge in [-0.15, -0.1) is 0 Å². The minimum absolute atomic E-state index is 0.103. The highest BCUT2D eigenvalue weighted by Crippen LogP contribution is 2.36. The molecule has 0 atom stereocenters. The highest BCUT2D eigenvalue weighted by molar-refractivity contribution is 5.76. The van der Waals surface area contributed by atoms with E-state index >= 15 is 0 Å². The van der Waals surface area contributed by atoms with Gasteiger partial charge in [0.15, 0.2) is 0 Å². The van der Waals surface area contributed by atoms with Crippen molar-refractivity contribution in [1.82, 2.24) is 19.6 Å². The van der Waals surface area contributed by atoms with Crippen molar-refractivity contribution in [3.8, 4) is 11.3 Å². The molecule has 2 aromatic rings. The largest absolute Gasteiger partial charge is 0.353 e. The average molecular weight is 462 g/mol. The van der Waals surface area contributed by atoms with Gasteiger partial charge in [0.05, 0.1) is 5.69 Å². The molecule has 6 nitrogen and oxygen atoms in total. The molecule has 2 fully saturated rings. The topological polar surface area (TPSA) is 53.7 Å². The monoisotopic (exact) mass is 461 g/mol. The molecule has 0 unspecified atom stereocenters. The van der Waals surface area contributed by atoms with E-state index in [1.54, 1.807) is 12.1 Å². The summed E-state index contributed by atoms with van der Waals surface area (Å²) in [6.45, 7) is 3.19. The number of hydrogen-bond donors (Lipinski definition) is 0. The van der Waals surface area contributed by atoms with Crippen molar-refractivity contribution < 1.29 is 9.18 Å². The highest BCUT2D eigenvalue weighted by Gasteiger charge is 2.26. The summed E-state index contributed by atoms with van der Waals surface area (Å²) in [5.74, 6) is 1.29. The molecular weight excluding hydrogens is 429 g/mol. The lowest BCUT2D eigenvalue weighted by atomic mass is 10.0. The van der Waals surface area contributed by atoms with Crippen molar-refractivity contribution >= 4 is 12.1 Å². The van der Waals surface area contributed by atoms with Crippen molar-refractivity contribution in [3.05, 3.63) is 65.9 Å². The molecule has 0 N–H and O–H groups in total. The van der Waals surface area contributed by atoms with Gasteiger partial charge in [-0.1, -0.05) is 18.9 Å². The fraction of sp³-hybridized carbons (Fsp3) is 0.444.